The Kier molecular flexibility index (Phi) is 1.78. The molecule has 3 nitrogen and oxygen atoms in total. The Balaban J connectivity index is 2.27. The van der Waals surface area contributed by atoms with Crippen LogP contribution in [0, 0.1) is 5.82 Å². The van der Waals surface area contributed by atoms with Gasteiger partial charge in [-0.1, -0.05) is 6.07 Å². The molecule has 3 rings (SSSR count). The molecule has 1 N–H and O–H groups in total. The number of nitrogens with one attached hydrogen (secondary N) is 1. The highest BCUT2D eigenvalue weighted by Crippen LogP contribution is 2.24. The zero-order valence-electron chi connectivity index (χ0n) is 7.57. The molecule has 0 amide bonds. The van der Waals surface area contributed by atoms with E-state index >= 15 is 0 Å². The van der Waals surface area contributed by atoms with Crippen molar-refractivity contribution in [2.24, 2.45) is 0 Å². The number of hydrogen-bond donors (Lipinski definition) is 1. The first-order chi connectivity index (χ1) is 7.34. The fraction of sp³-hybridized carbons (Fsp3) is 0. The molecule has 0 aliphatic rings. The van der Waals surface area contributed by atoms with E-state index in [0.29, 0.717) is 16.9 Å². The van der Waals surface area contributed by atoms with Crippen LogP contribution in [0.1, 0.15) is 0 Å². The van der Waals surface area contributed by atoms with Crippen molar-refractivity contribution >= 4 is 22.4 Å². The number of aromatic amines is 1. The lowest BCUT2D eigenvalue weighted by Crippen LogP contribution is -1.75. The molecule has 0 bridgehead atoms. The second kappa shape index (κ2) is 3.13. The Labute approximate surface area is 88.6 Å². The van der Waals surface area contributed by atoms with Crippen molar-refractivity contribution in [1.82, 2.24) is 15.0 Å². The van der Waals surface area contributed by atoms with Gasteiger partial charge in [0.2, 0.25) is 0 Å². The molecule has 0 aliphatic carbocycles. The van der Waals surface area contributed by atoms with Gasteiger partial charge in [-0.25, -0.2) is 9.37 Å². The molecule has 1 aromatic carbocycles. The number of fused-ring (bicyclic) bond motifs is 1. The molecule has 74 valence electrons. The number of para-hydroxylation sites is 1. The minimum atomic E-state index is -0.306. The standard InChI is InChI=1S/C10H6FN3S/c11-6-2-1-3-7-9(6)14-10(13-7)8-4-12-5-15-8/h1-5H,(H,13,14). The number of hydrogen-bond acceptors (Lipinski definition) is 3. The Morgan fingerprint density at radius 1 is 1.33 bits per heavy atom. The van der Waals surface area contributed by atoms with Crippen LogP contribution in [0.25, 0.3) is 21.7 Å². The van der Waals surface area contributed by atoms with Crippen LogP contribution in [-0.4, -0.2) is 15.0 Å². The van der Waals surface area contributed by atoms with Crippen LogP contribution in [0.5, 0.6) is 0 Å². The molecule has 0 unspecified atom stereocenters. The average molecular weight is 219 g/mol. The predicted molar refractivity (Wildman–Crippen MR) is 57.2 cm³/mol. The van der Waals surface area contributed by atoms with Crippen LogP contribution < -0.4 is 0 Å². The average Bonchev–Trinajstić information content (AvgIpc) is 2.86. The highest BCUT2D eigenvalue weighted by molar-refractivity contribution is 7.13. The van der Waals surface area contributed by atoms with E-state index in [4.69, 9.17) is 0 Å². The van der Waals surface area contributed by atoms with Crippen molar-refractivity contribution in [2.45, 2.75) is 0 Å². The number of aromatic nitrogens is 3. The molecular weight excluding hydrogens is 213 g/mol. The van der Waals surface area contributed by atoms with Gasteiger partial charge >= 0.3 is 0 Å². The quantitative estimate of drug-likeness (QED) is 0.683. The lowest BCUT2D eigenvalue weighted by atomic mass is 10.3. The van der Waals surface area contributed by atoms with E-state index in [0.717, 1.165) is 4.88 Å². The Hall–Kier alpha value is -1.75. The van der Waals surface area contributed by atoms with Crippen LogP contribution >= 0.6 is 11.3 Å². The minimum absolute atomic E-state index is 0.306. The zero-order chi connectivity index (χ0) is 10.3. The summed E-state index contributed by atoms with van der Waals surface area (Å²) in [6, 6.07) is 4.86. The summed E-state index contributed by atoms with van der Waals surface area (Å²) in [6.45, 7) is 0. The van der Waals surface area contributed by atoms with Crippen LogP contribution in [-0.2, 0) is 0 Å². The normalized spacial score (nSPS) is 11.0. The van der Waals surface area contributed by atoms with Gasteiger partial charge in [0, 0.05) is 6.20 Å². The monoisotopic (exact) mass is 219 g/mol. The molecule has 0 radical (unpaired) electrons. The summed E-state index contributed by atoms with van der Waals surface area (Å²) in [4.78, 5) is 12.1. The Bertz CT molecular complexity index is 600. The minimum Gasteiger partial charge on any atom is -0.337 e. The van der Waals surface area contributed by atoms with E-state index in [9.17, 15) is 4.39 Å². The smallest absolute Gasteiger partial charge is 0.151 e. The molecule has 2 aromatic heterocycles. The second-order valence-corrected chi connectivity index (χ2v) is 3.97. The molecule has 0 aliphatic heterocycles. The molecular formula is C10H6FN3S. The first-order valence-electron chi connectivity index (χ1n) is 4.38. The Morgan fingerprint density at radius 2 is 2.27 bits per heavy atom. The second-order valence-electron chi connectivity index (χ2n) is 3.09. The van der Waals surface area contributed by atoms with Gasteiger partial charge in [-0.3, -0.25) is 4.98 Å². The molecule has 3 aromatic rings. The third kappa shape index (κ3) is 1.32. The first kappa shape index (κ1) is 8.55. The number of H-pyrrole nitrogens is 1. The Morgan fingerprint density at radius 3 is 3.00 bits per heavy atom. The van der Waals surface area contributed by atoms with E-state index in [1.54, 1.807) is 23.8 Å². The molecule has 5 heteroatoms. The van der Waals surface area contributed by atoms with Gasteiger partial charge in [0.15, 0.2) is 5.82 Å². The van der Waals surface area contributed by atoms with Crippen molar-refractivity contribution in [3.8, 4) is 10.7 Å². The zero-order valence-corrected chi connectivity index (χ0v) is 8.38. The fourth-order valence-electron chi connectivity index (χ4n) is 1.45. The van der Waals surface area contributed by atoms with Gasteiger partial charge in [-0.2, -0.15) is 0 Å². The largest absolute Gasteiger partial charge is 0.337 e. The third-order valence-corrected chi connectivity index (χ3v) is 2.91. The van der Waals surface area contributed by atoms with Crippen LogP contribution in [0.4, 0.5) is 4.39 Å². The summed E-state index contributed by atoms with van der Waals surface area (Å²) >= 11 is 1.47. The van der Waals surface area contributed by atoms with Gasteiger partial charge in [-0.15, -0.1) is 11.3 Å². The van der Waals surface area contributed by atoms with Crippen LogP contribution in [0.3, 0.4) is 0 Å². The number of benzene rings is 1. The summed E-state index contributed by atoms with van der Waals surface area (Å²) < 4.78 is 13.3. The number of rotatable bonds is 1. The molecule has 15 heavy (non-hydrogen) atoms. The van der Waals surface area contributed by atoms with E-state index < -0.39 is 0 Å². The van der Waals surface area contributed by atoms with Gasteiger partial charge < -0.3 is 4.98 Å². The van der Waals surface area contributed by atoms with Crippen molar-refractivity contribution in [1.29, 1.82) is 0 Å². The van der Waals surface area contributed by atoms with Crippen molar-refractivity contribution in [3.63, 3.8) is 0 Å². The predicted octanol–water partition coefficient (Wildman–Crippen LogP) is 2.83. The summed E-state index contributed by atoms with van der Waals surface area (Å²) in [6.07, 6.45) is 1.71. The van der Waals surface area contributed by atoms with E-state index in [1.165, 1.54) is 17.4 Å². The number of nitrogens with zero attached hydrogens (tertiary/aromatic N) is 2. The lowest BCUT2D eigenvalue weighted by Gasteiger charge is -1.86. The molecule has 0 saturated heterocycles. The van der Waals surface area contributed by atoms with Gasteiger partial charge in [-0.05, 0) is 12.1 Å². The van der Waals surface area contributed by atoms with Crippen molar-refractivity contribution < 1.29 is 4.39 Å². The van der Waals surface area contributed by atoms with Crippen LogP contribution in [0.2, 0.25) is 0 Å². The highest BCUT2D eigenvalue weighted by Gasteiger charge is 2.08. The molecule has 0 spiro atoms. The maximum absolute atomic E-state index is 13.3. The third-order valence-electron chi connectivity index (χ3n) is 2.13. The fourth-order valence-corrected chi connectivity index (χ4v) is 2.01. The topological polar surface area (TPSA) is 41.6 Å². The van der Waals surface area contributed by atoms with E-state index in [2.05, 4.69) is 15.0 Å². The highest BCUT2D eigenvalue weighted by atomic mass is 32.1. The SMILES string of the molecule is Fc1cccc2[nH]c(-c3cncs3)nc12. The van der Waals surface area contributed by atoms with Crippen molar-refractivity contribution in [2.75, 3.05) is 0 Å². The number of thiazole rings is 1. The molecule has 0 saturated carbocycles. The molecule has 0 fully saturated rings. The number of halogens is 1. The maximum Gasteiger partial charge on any atom is 0.151 e. The number of imidazole rings is 1. The summed E-state index contributed by atoms with van der Waals surface area (Å²) in [5.74, 6) is 0.358. The summed E-state index contributed by atoms with van der Waals surface area (Å²) in [5.41, 5.74) is 2.80. The summed E-state index contributed by atoms with van der Waals surface area (Å²) in [7, 11) is 0. The molecule has 0 atom stereocenters. The first-order valence-corrected chi connectivity index (χ1v) is 5.25. The van der Waals surface area contributed by atoms with E-state index in [-0.39, 0.29) is 5.82 Å². The summed E-state index contributed by atoms with van der Waals surface area (Å²) in [5, 5.41) is 0. The molecule has 2 heterocycles. The van der Waals surface area contributed by atoms with Gasteiger partial charge in [0.05, 0.1) is 15.9 Å². The van der Waals surface area contributed by atoms with Crippen LogP contribution in [0.15, 0.2) is 29.9 Å². The van der Waals surface area contributed by atoms with E-state index in [1.807, 2.05) is 0 Å². The van der Waals surface area contributed by atoms with Gasteiger partial charge in [0.25, 0.3) is 0 Å². The van der Waals surface area contributed by atoms with Crippen molar-refractivity contribution in [3.05, 3.63) is 35.7 Å². The van der Waals surface area contributed by atoms with Gasteiger partial charge in [0.1, 0.15) is 11.3 Å². The lowest BCUT2D eigenvalue weighted by molar-refractivity contribution is 0.637. The maximum atomic E-state index is 13.3.